The van der Waals surface area contributed by atoms with Crippen LogP contribution >= 0.6 is 11.8 Å². The number of esters is 1. The number of H-pyrrole nitrogens is 2. The topological polar surface area (TPSA) is 260 Å². The number of aromatic nitrogens is 3. The Morgan fingerprint density at radius 3 is 2.30 bits per heavy atom. The van der Waals surface area contributed by atoms with Crippen LogP contribution in [0.15, 0.2) is 43.0 Å². The fourth-order valence-corrected chi connectivity index (χ4v) is 6.08. The third-order valence-electron chi connectivity index (χ3n) is 8.52. The van der Waals surface area contributed by atoms with Crippen LogP contribution in [-0.4, -0.2) is 124 Å². The zero-order valence-electron chi connectivity index (χ0n) is 30.8. The van der Waals surface area contributed by atoms with Gasteiger partial charge in [-0.1, -0.05) is 32.0 Å². The second kappa shape index (κ2) is 20.9. The van der Waals surface area contributed by atoms with Crippen molar-refractivity contribution in [1.82, 2.24) is 41.1 Å². The number of amides is 5. The Labute approximate surface area is 312 Å². The Morgan fingerprint density at radius 2 is 1.66 bits per heavy atom. The minimum atomic E-state index is -1.23. The van der Waals surface area contributed by atoms with Gasteiger partial charge in [0.1, 0.15) is 24.2 Å². The van der Waals surface area contributed by atoms with Gasteiger partial charge in [0.2, 0.25) is 29.5 Å². The fourth-order valence-electron chi connectivity index (χ4n) is 5.59. The number of ether oxygens (including phenoxy) is 1. The molecule has 0 fully saturated rings. The normalized spacial score (nSPS) is 14.0. The summed E-state index contributed by atoms with van der Waals surface area (Å²) in [4.78, 5) is 91.3. The maximum atomic E-state index is 14.3. The fraction of sp³-hybridized carbons (Fsp3) is 0.514. The monoisotopic (exact) mass is 756 g/mol. The van der Waals surface area contributed by atoms with Crippen molar-refractivity contribution < 1.29 is 33.5 Å². The standard InChI is InChI=1S/C35H52N10O7S/c1-20(2)30(44-31(47)25(37)10-13-53-5)33(49)42-27(15-23-17-38-19-40-23)32(48)43-28(14-22-16-39-26-9-7-6-8-24(22)26)34(50)45(12-11-36)18-29(46)41-21(3)35(51)52-4/h6-9,16-17,19-21,25,27-28,30,39H,10-15,18,36-37H2,1-5H3,(H,38,40)(H,41,46)(H,42,49)(H,43,48)(H,44,47)/t21-,25-,27-,28-,30-/m0/s1. The molecule has 0 bridgehead atoms. The highest BCUT2D eigenvalue weighted by atomic mass is 32.2. The molecule has 5 amide bonds. The number of benzene rings is 1. The molecule has 0 unspecified atom stereocenters. The largest absolute Gasteiger partial charge is 0.467 e. The number of fused-ring (bicyclic) bond motifs is 1. The van der Waals surface area contributed by atoms with E-state index < -0.39 is 72.3 Å². The molecule has 53 heavy (non-hydrogen) atoms. The number of nitrogens with zero attached hydrogens (tertiary/aromatic N) is 2. The molecule has 18 heteroatoms. The molecule has 2 heterocycles. The van der Waals surface area contributed by atoms with Gasteiger partial charge in [0.05, 0.1) is 26.0 Å². The predicted octanol–water partition coefficient (Wildman–Crippen LogP) is -0.668. The molecule has 3 rings (SSSR count). The van der Waals surface area contributed by atoms with Gasteiger partial charge in [0.25, 0.3) is 0 Å². The highest BCUT2D eigenvalue weighted by Crippen LogP contribution is 2.20. The van der Waals surface area contributed by atoms with Gasteiger partial charge in [0, 0.05) is 54.9 Å². The number of hydrogen-bond acceptors (Lipinski definition) is 11. The Morgan fingerprint density at radius 1 is 0.943 bits per heavy atom. The van der Waals surface area contributed by atoms with Gasteiger partial charge in [-0.3, -0.25) is 24.0 Å². The van der Waals surface area contributed by atoms with Gasteiger partial charge in [-0.25, -0.2) is 9.78 Å². The molecule has 10 N–H and O–H groups in total. The molecule has 290 valence electrons. The van der Waals surface area contributed by atoms with Gasteiger partial charge >= 0.3 is 5.97 Å². The van der Waals surface area contributed by atoms with Gasteiger partial charge < -0.3 is 52.3 Å². The second-order valence-corrected chi connectivity index (χ2v) is 13.9. The molecule has 0 saturated heterocycles. The number of thioether (sulfide) groups is 1. The molecule has 2 aromatic heterocycles. The minimum Gasteiger partial charge on any atom is -0.467 e. The molecule has 0 aliphatic rings. The third-order valence-corrected chi connectivity index (χ3v) is 9.16. The molecule has 3 aromatic rings. The van der Waals surface area contributed by atoms with E-state index in [9.17, 15) is 28.8 Å². The van der Waals surface area contributed by atoms with Crippen LogP contribution in [0.25, 0.3) is 10.9 Å². The van der Waals surface area contributed by atoms with E-state index in [1.54, 1.807) is 31.8 Å². The molecular formula is C35H52N10O7S. The van der Waals surface area contributed by atoms with Gasteiger partial charge in [-0.15, -0.1) is 0 Å². The Hall–Kier alpha value is -4.94. The summed E-state index contributed by atoms with van der Waals surface area (Å²) in [5, 5.41) is 11.6. The average Bonchev–Trinajstić information content (AvgIpc) is 3.81. The summed E-state index contributed by atoms with van der Waals surface area (Å²) in [6.07, 6.45) is 6.97. The summed E-state index contributed by atoms with van der Waals surface area (Å²) < 4.78 is 4.68. The van der Waals surface area contributed by atoms with Crippen molar-refractivity contribution >= 4 is 58.2 Å². The molecular weight excluding hydrogens is 705 g/mol. The number of imidazole rings is 1. The second-order valence-electron chi connectivity index (χ2n) is 12.9. The predicted molar refractivity (Wildman–Crippen MR) is 201 cm³/mol. The molecule has 1 aromatic carbocycles. The Bertz CT molecular complexity index is 1680. The number of nitrogens with two attached hydrogens (primary N) is 2. The average molecular weight is 757 g/mol. The number of nitrogens with one attached hydrogen (secondary N) is 6. The zero-order chi connectivity index (χ0) is 39.1. The van der Waals surface area contributed by atoms with Crippen LogP contribution in [0.2, 0.25) is 0 Å². The Balaban J connectivity index is 1.93. The lowest BCUT2D eigenvalue weighted by Gasteiger charge is -2.30. The lowest BCUT2D eigenvalue weighted by Crippen LogP contribution is -2.60. The first-order valence-electron chi connectivity index (χ1n) is 17.3. The van der Waals surface area contributed by atoms with E-state index in [2.05, 4.69) is 41.0 Å². The van der Waals surface area contributed by atoms with E-state index in [1.807, 2.05) is 30.5 Å². The number of aromatic amines is 2. The van der Waals surface area contributed by atoms with Crippen LogP contribution in [0.4, 0.5) is 0 Å². The van der Waals surface area contributed by atoms with Gasteiger partial charge in [-0.2, -0.15) is 11.8 Å². The molecule has 0 aliphatic heterocycles. The summed E-state index contributed by atoms with van der Waals surface area (Å²) in [6, 6.07) is 2.19. The first-order chi connectivity index (χ1) is 25.3. The molecule has 17 nitrogen and oxygen atoms in total. The van der Waals surface area contributed by atoms with E-state index in [1.165, 1.54) is 31.5 Å². The SMILES string of the molecule is COC(=O)[C@H](C)NC(=O)CN(CCN)C(=O)[C@H](Cc1c[nH]c2ccccc12)NC(=O)[C@H](Cc1cnc[nH]1)NC(=O)[C@@H](NC(=O)[C@@H](N)CCSC)C(C)C. The van der Waals surface area contributed by atoms with Crippen LogP contribution in [0.3, 0.4) is 0 Å². The highest BCUT2D eigenvalue weighted by molar-refractivity contribution is 7.98. The first-order valence-corrected chi connectivity index (χ1v) is 18.7. The van der Waals surface area contributed by atoms with Crippen LogP contribution in [0.1, 0.15) is 38.4 Å². The van der Waals surface area contributed by atoms with Crippen molar-refractivity contribution in [2.75, 3.05) is 38.8 Å². The van der Waals surface area contributed by atoms with E-state index in [-0.39, 0.29) is 31.8 Å². The summed E-state index contributed by atoms with van der Waals surface area (Å²) in [5.41, 5.74) is 14.0. The van der Waals surface area contributed by atoms with Crippen molar-refractivity contribution in [2.24, 2.45) is 17.4 Å². The number of hydrogen-bond donors (Lipinski definition) is 8. The zero-order valence-corrected chi connectivity index (χ0v) is 31.6. The molecule has 5 atom stereocenters. The maximum absolute atomic E-state index is 14.3. The smallest absolute Gasteiger partial charge is 0.328 e. The molecule has 0 aliphatic carbocycles. The number of rotatable bonds is 21. The molecule has 0 saturated carbocycles. The number of methoxy groups -OCH3 is 1. The van der Waals surface area contributed by atoms with Gasteiger partial charge in [-0.05, 0) is 42.9 Å². The minimum absolute atomic E-state index is 0.00107. The van der Waals surface area contributed by atoms with Crippen molar-refractivity contribution in [3.8, 4) is 0 Å². The van der Waals surface area contributed by atoms with Crippen LogP contribution < -0.4 is 32.7 Å². The van der Waals surface area contributed by atoms with Crippen molar-refractivity contribution in [3.05, 3.63) is 54.2 Å². The first kappa shape index (κ1) is 42.5. The lowest BCUT2D eigenvalue weighted by atomic mass is 10.0. The van der Waals surface area contributed by atoms with Crippen molar-refractivity contribution in [2.45, 2.75) is 70.2 Å². The van der Waals surface area contributed by atoms with E-state index in [0.29, 0.717) is 23.4 Å². The van der Waals surface area contributed by atoms with E-state index in [4.69, 9.17) is 11.5 Å². The van der Waals surface area contributed by atoms with Gasteiger partial charge in [0.15, 0.2) is 0 Å². The summed E-state index contributed by atoms with van der Waals surface area (Å²) in [6.45, 7) is 4.46. The Kier molecular flexibility index (Phi) is 16.8. The number of carbonyl (C=O) groups excluding carboxylic acids is 6. The summed E-state index contributed by atoms with van der Waals surface area (Å²) in [5.74, 6) is -3.43. The summed E-state index contributed by atoms with van der Waals surface area (Å²) >= 11 is 1.55. The quantitative estimate of drug-likeness (QED) is 0.0633. The number of para-hydroxylation sites is 1. The van der Waals surface area contributed by atoms with Crippen molar-refractivity contribution in [1.29, 1.82) is 0 Å². The van der Waals surface area contributed by atoms with Crippen LogP contribution in [0.5, 0.6) is 0 Å². The lowest BCUT2D eigenvalue weighted by molar-refractivity contribution is -0.145. The van der Waals surface area contributed by atoms with Crippen LogP contribution in [0, 0.1) is 5.92 Å². The molecule has 0 radical (unpaired) electrons. The maximum Gasteiger partial charge on any atom is 0.328 e. The third kappa shape index (κ3) is 12.6. The number of carbonyl (C=O) groups is 6. The summed E-state index contributed by atoms with van der Waals surface area (Å²) in [7, 11) is 1.19. The van der Waals surface area contributed by atoms with Crippen LogP contribution in [-0.2, 0) is 46.3 Å². The van der Waals surface area contributed by atoms with E-state index in [0.717, 1.165) is 10.9 Å². The van der Waals surface area contributed by atoms with E-state index >= 15 is 0 Å². The highest BCUT2D eigenvalue weighted by Gasteiger charge is 2.34. The van der Waals surface area contributed by atoms with Crippen molar-refractivity contribution in [3.63, 3.8) is 0 Å². The molecule has 0 spiro atoms.